The molecule has 1 heterocycles. The van der Waals surface area contributed by atoms with E-state index in [1.807, 2.05) is 24.3 Å². The predicted octanol–water partition coefficient (Wildman–Crippen LogP) is 2.02. The van der Waals surface area contributed by atoms with Crippen molar-refractivity contribution < 1.29 is 14.3 Å². The third-order valence-electron chi connectivity index (χ3n) is 3.08. The molecule has 0 fully saturated rings. The Morgan fingerprint density at radius 3 is 2.82 bits per heavy atom. The van der Waals surface area contributed by atoms with Crippen molar-refractivity contribution in [3.63, 3.8) is 0 Å². The van der Waals surface area contributed by atoms with E-state index in [1.165, 1.54) is 7.11 Å². The number of carbonyl (C=O) groups is 1. The maximum atomic E-state index is 11.8. The highest BCUT2D eigenvalue weighted by Gasteiger charge is 2.19. The van der Waals surface area contributed by atoms with Crippen LogP contribution in [0.1, 0.15) is 11.3 Å². The highest BCUT2D eigenvalue weighted by atomic mass is 79.9. The molecule has 22 heavy (non-hydrogen) atoms. The SMILES string of the molecule is COC(=O)[C@H](Cc1cnc[nH]1)NCOCc1ccc(Br)cc1. The number of carbonyl (C=O) groups excluding carboxylic acids is 1. The Balaban J connectivity index is 1.78. The number of nitrogens with one attached hydrogen (secondary N) is 2. The number of halogens is 1. The number of aromatic amines is 1. The zero-order valence-corrected chi connectivity index (χ0v) is 13.8. The number of ether oxygens (including phenoxy) is 2. The molecule has 0 aliphatic carbocycles. The van der Waals surface area contributed by atoms with Crippen molar-refractivity contribution in [2.45, 2.75) is 19.1 Å². The standard InChI is InChI=1S/C15H18BrN3O3/c1-21-15(20)14(6-13-7-17-9-18-13)19-10-22-8-11-2-4-12(16)5-3-11/h2-5,7,9,14,19H,6,8,10H2,1H3,(H,17,18)/t14-/m0/s1. The van der Waals surface area contributed by atoms with Crippen molar-refractivity contribution >= 4 is 21.9 Å². The molecule has 7 heteroatoms. The van der Waals surface area contributed by atoms with E-state index in [4.69, 9.17) is 9.47 Å². The van der Waals surface area contributed by atoms with Crippen LogP contribution in [0, 0.1) is 0 Å². The first-order chi connectivity index (χ1) is 10.7. The first kappa shape index (κ1) is 16.7. The van der Waals surface area contributed by atoms with Gasteiger partial charge in [-0.2, -0.15) is 0 Å². The van der Waals surface area contributed by atoms with Gasteiger partial charge in [0.2, 0.25) is 0 Å². The highest BCUT2D eigenvalue weighted by molar-refractivity contribution is 9.10. The minimum Gasteiger partial charge on any atom is -0.468 e. The summed E-state index contributed by atoms with van der Waals surface area (Å²) in [6.45, 7) is 0.724. The first-order valence-corrected chi connectivity index (χ1v) is 7.59. The van der Waals surface area contributed by atoms with E-state index in [9.17, 15) is 4.79 Å². The molecule has 1 aromatic carbocycles. The van der Waals surface area contributed by atoms with Crippen molar-refractivity contribution in [2.75, 3.05) is 13.8 Å². The second-order valence-corrected chi connectivity index (χ2v) is 5.60. The molecule has 118 valence electrons. The monoisotopic (exact) mass is 367 g/mol. The molecule has 0 unspecified atom stereocenters. The number of esters is 1. The lowest BCUT2D eigenvalue weighted by Crippen LogP contribution is -2.40. The van der Waals surface area contributed by atoms with Gasteiger partial charge < -0.3 is 14.5 Å². The number of methoxy groups -OCH3 is 1. The maximum Gasteiger partial charge on any atom is 0.323 e. The summed E-state index contributed by atoms with van der Waals surface area (Å²) in [7, 11) is 1.37. The molecule has 1 aromatic heterocycles. The lowest BCUT2D eigenvalue weighted by Gasteiger charge is -2.15. The Labute approximate surface area is 137 Å². The average molecular weight is 368 g/mol. The minimum absolute atomic E-state index is 0.254. The van der Waals surface area contributed by atoms with Crippen molar-refractivity contribution in [3.05, 3.63) is 52.5 Å². The van der Waals surface area contributed by atoms with Crippen LogP contribution in [0.3, 0.4) is 0 Å². The number of H-pyrrole nitrogens is 1. The molecule has 0 amide bonds. The van der Waals surface area contributed by atoms with E-state index < -0.39 is 6.04 Å². The molecular formula is C15H18BrN3O3. The average Bonchev–Trinajstić information content (AvgIpc) is 3.04. The van der Waals surface area contributed by atoms with Crippen molar-refractivity contribution in [1.29, 1.82) is 0 Å². The summed E-state index contributed by atoms with van der Waals surface area (Å²) in [4.78, 5) is 18.7. The first-order valence-electron chi connectivity index (χ1n) is 6.79. The third-order valence-corrected chi connectivity index (χ3v) is 3.61. The second kappa shape index (κ2) is 8.67. The summed E-state index contributed by atoms with van der Waals surface area (Å²) in [5, 5.41) is 3.04. The van der Waals surface area contributed by atoms with Crippen LogP contribution in [-0.2, 0) is 27.3 Å². The van der Waals surface area contributed by atoms with Crippen LogP contribution in [0.5, 0.6) is 0 Å². The lowest BCUT2D eigenvalue weighted by atomic mass is 10.2. The van der Waals surface area contributed by atoms with Crippen LogP contribution >= 0.6 is 15.9 Å². The minimum atomic E-state index is -0.477. The Morgan fingerprint density at radius 2 is 2.18 bits per heavy atom. The van der Waals surface area contributed by atoms with E-state index in [-0.39, 0.29) is 12.7 Å². The molecule has 2 rings (SSSR count). The van der Waals surface area contributed by atoms with Gasteiger partial charge in [0.1, 0.15) is 6.04 Å². The van der Waals surface area contributed by atoms with Crippen molar-refractivity contribution in [2.24, 2.45) is 0 Å². The molecule has 6 nitrogen and oxygen atoms in total. The fourth-order valence-electron chi connectivity index (χ4n) is 1.91. The Bertz CT molecular complexity index is 572. The van der Waals surface area contributed by atoms with Crippen LogP contribution in [0.25, 0.3) is 0 Å². The number of hydrogen-bond donors (Lipinski definition) is 2. The van der Waals surface area contributed by atoms with Gasteiger partial charge in [-0.1, -0.05) is 28.1 Å². The largest absolute Gasteiger partial charge is 0.468 e. The molecule has 0 aliphatic rings. The van der Waals surface area contributed by atoms with Crippen LogP contribution in [-0.4, -0.2) is 35.8 Å². The molecule has 0 radical (unpaired) electrons. The summed E-state index contributed by atoms with van der Waals surface area (Å²) in [6, 6.07) is 7.40. The summed E-state index contributed by atoms with van der Waals surface area (Å²) in [5.41, 5.74) is 1.92. The molecule has 2 N–H and O–H groups in total. The van der Waals surface area contributed by atoms with Gasteiger partial charge in [-0.05, 0) is 17.7 Å². The molecule has 0 spiro atoms. The summed E-state index contributed by atoms with van der Waals surface area (Å²) in [6.07, 6.45) is 3.72. The second-order valence-electron chi connectivity index (χ2n) is 4.68. The van der Waals surface area contributed by atoms with E-state index in [1.54, 1.807) is 12.5 Å². The van der Waals surface area contributed by atoms with E-state index >= 15 is 0 Å². The Hall–Kier alpha value is -1.70. The lowest BCUT2D eigenvalue weighted by molar-refractivity contribution is -0.143. The zero-order chi connectivity index (χ0) is 15.8. The molecule has 0 aliphatic heterocycles. The van der Waals surface area contributed by atoms with Gasteiger partial charge in [0.05, 0.1) is 26.8 Å². The molecule has 0 bridgehead atoms. The van der Waals surface area contributed by atoms with E-state index in [0.29, 0.717) is 13.0 Å². The quantitative estimate of drug-likeness (QED) is 0.424. The number of rotatable bonds is 8. The topological polar surface area (TPSA) is 76.2 Å². The molecule has 1 atom stereocenters. The van der Waals surface area contributed by atoms with Gasteiger partial charge in [-0.3, -0.25) is 10.1 Å². The summed E-state index contributed by atoms with van der Waals surface area (Å²) < 4.78 is 11.4. The molecule has 0 saturated carbocycles. The van der Waals surface area contributed by atoms with Crippen LogP contribution in [0.15, 0.2) is 41.3 Å². The van der Waals surface area contributed by atoms with Gasteiger partial charge in [0.25, 0.3) is 0 Å². The fourth-order valence-corrected chi connectivity index (χ4v) is 2.17. The fraction of sp³-hybridized carbons (Fsp3) is 0.333. The van der Waals surface area contributed by atoms with Crippen LogP contribution < -0.4 is 5.32 Å². The number of hydrogen-bond acceptors (Lipinski definition) is 5. The molecule has 2 aromatic rings. The third kappa shape index (κ3) is 5.25. The number of nitrogens with zero attached hydrogens (tertiary/aromatic N) is 1. The zero-order valence-electron chi connectivity index (χ0n) is 12.2. The van der Waals surface area contributed by atoms with Gasteiger partial charge in [0.15, 0.2) is 0 Å². The van der Waals surface area contributed by atoms with E-state index in [2.05, 4.69) is 31.2 Å². The normalized spacial score (nSPS) is 12.1. The van der Waals surface area contributed by atoms with Gasteiger partial charge in [0, 0.05) is 22.8 Å². The molecular weight excluding hydrogens is 350 g/mol. The van der Waals surface area contributed by atoms with E-state index in [0.717, 1.165) is 15.7 Å². The molecule has 0 saturated heterocycles. The van der Waals surface area contributed by atoms with Crippen molar-refractivity contribution in [3.8, 4) is 0 Å². The summed E-state index contributed by atoms with van der Waals surface area (Å²) >= 11 is 3.39. The van der Waals surface area contributed by atoms with Gasteiger partial charge in [-0.25, -0.2) is 4.98 Å². The summed E-state index contributed by atoms with van der Waals surface area (Å²) in [5.74, 6) is -0.332. The van der Waals surface area contributed by atoms with Crippen LogP contribution in [0.4, 0.5) is 0 Å². The van der Waals surface area contributed by atoms with Gasteiger partial charge >= 0.3 is 5.97 Å². The van der Waals surface area contributed by atoms with Crippen LogP contribution in [0.2, 0.25) is 0 Å². The Morgan fingerprint density at radius 1 is 1.41 bits per heavy atom. The number of imidazole rings is 1. The predicted molar refractivity (Wildman–Crippen MR) is 85.0 cm³/mol. The maximum absolute atomic E-state index is 11.8. The number of aromatic nitrogens is 2. The number of benzene rings is 1. The van der Waals surface area contributed by atoms with Crippen molar-refractivity contribution in [1.82, 2.24) is 15.3 Å². The van der Waals surface area contributed by atoms with Gasteiger partial charge in [-0.15, -0.1) is 0 Å². The Kier molecular flexibility index (Phi) is 6.57. The highest BCUT2D eigenvalue weighted by Crippen LogP contribution is 2.11. The smallest absolute Gasteiger partial charge is 0.323 e.